The number of likely N-dealkylation sites (tertiary alicyclic amines) is 1. The van der Waals surface area contributed by atoms with Crippen LogP contribution in [0.25, 0.3) is 0 Å². The number of hydrogen-bond donors (Lipinski definition) is 1. The Hall–Kier alpha value is -1.70. The van der Waals surface area contributed by atoms with Crippen LogP contribution in [0.5, 0.6) is 0 Å². The molecule has 0 aromatic carbocycles. The van der Waals surface area contributed by atoms with E-state index < -0.39 is 4.92 Å². The molecule has 2 heterocycles. The molecule has 0 bridgehead atoms. The zero-order valence-corrected chi connectivity index (χ0v) is 12.4. The van der Waals surface area contributed by atoms with E-state index in [2.05, 4.69) is 26.2 Å². The highest BCUT2D eigenvalue weighted by atomic mass is 79.9. The van der Waals surface area contributed by atoms with E-state index in [0.717, 1.165) is 25.9 Å². The van der Waals surface area contributed by atoms with Gasteiger partial charge in [-0.05, 0) is 28.8 Å². The van der Waals surface area contributed by atoms with Crippen molar-refractivity contribution in [1.29, 1.82) is 0 Å². The minimum atomic E-state index is -0.498. The number of nitro groups is 1. The van der Waals surface area contributed by atoms with Gasteiger partial charge in [0.05, 0.1) is 9.40 Å². The first kappa shape index (κ1) is 14.7. The summed E-state index contributed by atoms with van der Waals surface area (Å²) in [5.74, 6) is 0.0860. The average molecular weight is 343 g/mol. The second kappa shape index (κ2) is 6.65. The highest BCUT2D eigenvalue weighted by Gasteiger charge is 2.19. The quantitative estimate of drug-likeness (QED) is 0.654. The van der Waals surface area contributed by atoms with Crippen LogP contribution in [0.4, 0.5) is 11.4 Å². The van der Waals surface area contributed by atoms with Gasteiger partial charge in [0.25, 0.3) is 0 Å². The van der Waals surface area contributed by atoms with E-state index in [-0.39, 0.29) is 11.6 Å². The van der Waals surface area contributed by atoms with Gasteiger partial charge in [0.1, 0.15) is 11.9 Å². The van der Waals surface area contributed by atoms with E-state index >= 15 is 0 Å². The fourth-order valence-corrected chi connectivity index (χ4v) is 2.62. The standard InChI is InChI=1S/C12H15BrN4O3/c13-9-7-14-8-10(17(19)20)12(9)15-4-3-11(18)16-5-1-2-6-16/h7-8H,1-6H2,(H,14,15). The Kier molecular flexibility index (Phi) is 4.89. The Bertz CT molecular complexity index is 517. The maximum atomic E-state index is 11.9. The number of rotatable bonds is 5. The van der Waals surface area contributed by atoms with E-state index in [0.29, 0.717) is 23.1 Å². The van der Waals surface area contributed by atoms with Gasteiger partial charge in [-0.3, -0.25) is 19.9 Å². The average Bonchev–Trinajstić information content (AvgIpc) is 2.94. The Morgan fingerprint density at radius 1 is 1.45 bits per heavy atom. The number of aromatic nitrogens is 1. The van der Waals surface area contributed by atoms with E-state index in [1.54, 1.807) is 0 Å². The molecule has 1 aromatic rings. The molecule has 0 unspecified atom stereocenters. The van der Waals surface area contributed by atoms with E-state index in [1.807, 2.05) is 4.90 Å². The van der Waals surface area contributed by atoms with Crippen LogP contribution in [-0.2, 0) is 4.79 Å². The van der Waals surface area contributed by atoms with Crippen LogP contribution >= 0.6 is 15.9 Å². The van der Waals surface area contributed by atoms with Gasteiger partial charge in [-0.25, -0.2) is 0 Å². The van der Waals surface area contributed by atoms with Crippen molar-refractivity contribution in [3.63, 3.8) is 0 Å². The third kappa shape index (κ3) is 3.44. The number of amides is 1. The lowest BCUT2D eigenvalue weighted by molar-refractivity contribution is -0.384. The Labute approximate surface area is 124 Å². The van der Waals surface area contributed by atoms with Crippen molar-refractivity contribution in [1.82, 2.24) is 9.88 Å². The van der Waals surface area contributed by atoms with Gasteiger partial charge >= 0.3 is 5.69 Å². The number of anilines is 1. The Morgan fingerprint density at radius 2 is 2.15 bits per heavy atom. The summed E-state index contributed by atoms with van der Waals surface area (Å²) in [4.78, 5) is 27.9. The third-order valence-electron chi connectivity index (χ3n) is 3.18. The predicted molar refractivity (Wildman–Crippen MR) is 77.5 cm³/mol. The van der Waals surface area contributed by atoms with Crippen LogP contribution < -0.4 is 5.32 Å². The summed E-state index contributed by atoms with van der Waals surface area (Å²) in [5, 5.41) is 13.9. The molecule has 0 radical (unpaired) electrons. The predicted octanol–water partition coefficient (Wildman–Crippen LogP) is 2.18. The molecule has 0 spiro atoms. The van der Waals surface area contributed by atoms with Crippen molar-refractivity contribution in [2.24, 2.45) is 0 Å². The lowest BCUT2D eigenvalue weighted by Gasteiger charge is -2.15. The highest BCUT2D eigenvalue weighted by Crippen LogP contribution is 2.30. The molecule has 0 saturated carbocycles. The van der Waals surface area contributed by atoms with Crippen LogP contribution in [-0.4, -0.2) is 40.3 Å². The van der Waals surface area contributed by atoms with Crippen LogP contribution in [0.1, 0.15) is 19.3 Å². The molecule has 8 heteroatoms. The van der Waals surface area contributed by atoms with Gasteiger partial charge < -0.3 is 10.2 Å². The number of pyridine rings is 1. The summed E-state index contributed by atoms with van der Waals surface area (Å²) in [6.07, 6.45) is 5.11. The molecular weight excluding hydrogens is 328 g/mol. The largest absolute Gasteiger partial charge is 0.378 e. The molecule has 1 aliphatic heterocycles. The molecular formula is C12H15BrN4O3. The Balaban J connectivity index is 1.93. The molecule has 1 saturated heterocycles. The third-order valence-corrected chi connectivity index (χ3v) is 3.78. The topological polar surface area (TPSA) is 88.4 Å². The smallest absolute Gasteiger partial charge is 0.311 e. The monoisotopic (exact) mass is 342 g/mol. The van der Waals surface area contributed by atoms with Crippen molar-refractivity contribution >= 4 is 33.2 Å². The normalized spacial score (nSPS) is 14.3. The van der Waals surface area contributed by atoms with Crippen molar-refractivity contribution in [2.75, 3.05) is 25.0 Å². The summed E-state index contributed by atoms with van der Waals surface area (Å²) in [6, 6.07) is 0. The van der Waals surface area contributed by atoms with Gasteiger partial charge in [-0.15, -0.1) is 0 Å². The number of carbonyl (C=O) groups excluding carboxylic acids is 1. The first-order chi connectivity index (χ1) is 9.59. The minimum absolute atomic E-state index is 0.0860. The molecule has 2 rings (SSSR count). The van der Waals surface area contributed by atoms with E-state index in [4.69, 9.17) is 0 Å². The molecule has 1 N–H and O–H groups in total. The van der Waals surface area contributed by atoms with Crippen molar-refractivity contribution < 1.29 is 9.72 Å². The van der Waals surface area contributed by atoms with Crippen molar-refractivity contribution in [2.45, 2.75) is 19.3 Å². The molecule has 20 heavy (non-hydrogen) atoms. The summed E-state index contributed by atoms with van der Waals surface area (Å²) < 4.78 is 0.514. The fourth-order valence-electron chi connectivity index (χ4n) is 2.16. The molecule has 7 nitrogen and oxygen atoms in total. The maximum absolute atomic E-state index is 11.9. The molecule has 108 valence electrons. The zero-order chi connectivity index (χ0) is 14.5. The molecule has 1 amide bonds. The molecule has 0 atom stereocenters. The fraction of sp³-hybridized carbons (Fsp3) is 0.500. The maximum Gasteiger partial charge on any atom is 0.311 e. The van der Waals surface area contributed by atoms with Gasteiger partial charge in [0, 0.05) is 32.3 Å². The van der Waals surface area contributed by atoms with Crippen LogP contribution in [0.15, 0.2) is 16.9 Å². The lowest BCUT2D eigenvalue weighted by Crippen LogP contribution is -2.29. The van der Waals surface area contributed by atoms with Crippen LogP contribution in [0.2, 0.25) is 0 Å². The summed E-state index contributed by atoms with van der Waals surface area (Å²) in [5.41, 5.74) is 0.257. The first-order valence-electron chi connectivity index (χ1n) is 6.39. The van der Waals surface area contributed by atoms with Crippen molar-refractivity contribution in [3.8, 4) is 0 Å². The minimum Gasteiger partial charge on any atom is -0.378 e. The number of hydrogen-bond acceptors (Lipinski definition) is 5. The second-order valence-corrected chi connectivity index (χ2v) is 5.39. The first-order valence-corrected chi connectivity index (χ1v) is 7.18. The van der Waals surface area contributed by atoms with Gasteiger partial charge in [0.15, 0.2) is 0 Å². The molecule has 0 aliphatic carbocycles. The van der Waals surface area contributed by atoms with Crippen LogP contribution in [0.3, 0.4) is 0 Å². The zero-order valence-electron chi connectivity index (χ0n) is 10.8. The van der Waals surface area contributed by atoms with Gasteiger partial charge in [-0.1, -0.05) is 0 Å². The molecule has 1 aromatic heterocycles. The second-order valence-electron chi connectivity index (χ2n) is 4.54. The van der Waals surface area contributed by atoms with Crippen LogP contribution in [0, 0.1) is 10.1 Å². The summed E-state index contributed by atoms with van der Waals surface area (Å²) in [7, 11) is 0. The van der Waals surface area contributed by atoms with Crippen molar-refractivity contribution in [3.05, 3.63) is 27.0 Å². The number of carbonyl (C=O) groups is 1. The van der Waals surface area contributed by atoms with Gasteiger partial charge in [0.2, 0.25) is 5.91 Å². The lowest BCUT2D eigenvalue weighted by atomic mass is 10.3. The number of nitrogens with zero attached hydrogens (tertiary/aromatic N) is 3. The Morgan fingerprint density at radius 3 is 2.80 bits per heavy atom. The SMILES string of the molecule is O=C(CCNc1c(Br)cncc1[N+](=O)[O-])N1CCCC1. The highest BCUT2D eigenvalue weighted by molar-refractivity contribution is 9.10. The summed E-state index contributed by atoms with van der Waals surface area (Å²) >= 11 is 3.22. The van der Waals surface area contributed by atoms with E-state index in [9.17, 15) is 14.9 Å². The number of nitrogens with one attached hydrogen (secondary N) is 1. The number of halogens is 1. The summed E-state index contributed by atoms with van der Waals surface area (Å²) in [6.45, 7) is 1.99. The van der Waals surface area contributed by atoms with Gasteiger partial charge in [-0.2, -0.15) is 0 Å². The molecule has 1 fully saturated rings. The molecule has 1 aliphatic rings. The van der Waals surface area contributed by atoms with E-state index in [1.165, 1.54) is 12.4 Å².